The maximum atomic E-state index is 12.3. The van der Waals surface area contributed by atoms with E-state index in [0.29, 0.717) is 6.07 Å². The monoisotopic (exact) mass is 219 g/mol. The summed E-state index contributed by atoms with van der Waals surface area (Å²) < 4.78 is 36.8. The van der Waals surface area contributed by atoms with Crippen molar-refractivity contribution < 1.29 is 23.1 Å². The van der Waals surface area contributed by atoms with E-state index in [4.69, 9.17) is 10.8 Å². The lowest BCUT2D eigenvalue weighted by atomic mass is 10.0. The Morgan fingerprint density at radius 2 is 1.93 bits per heavy atom. The number of halogens is 3. The van der Waals surface area contributed by atoms with E-state index in [-0.39, 0.29) is 5.56 Å². The summed E-state index contributed by atoms with van der Waals surface area (Å²) in [5.41, 5.74) is 3.30. The lowest BCUT2D eigenvalue weighted by Gasteiger charge is -2.12. The lowest BCUT2D eigenvalue weighted by Crippen LogP contribution is -2.09. The Labute approximate surface area is 83.3 Å². The number of carbonyl (C=O) groups is 1. The number of aromatic hydroxyl groups is 1. The number of anilines is 1. The van der Waals surface area contributed by atoms with E-state index in [1.807, 2.05) is 0 Å². The molecule has 3 N–H and O–H groups in total. The van der Waals surface area contributed by atoms with Crippen molar-refractivity contribution in [2.24, 2.45) is 0 Å². The molecule has 0 saturated heterocycles. The minimum Gasteiger partial charge on any atom is -0.505 e. The number of nitrogens with two attached hydrogens (primary N) is 1. The van der Waals surface area contributed by atoms with Gasteiger partial charge in [0.25, 0.3) is 0 Å². The largest absolute Gasteiger partial charge is 0.505 e. The molecule has 0 aliphatic rings. The van der Waals surface area contributed by atoms with Crippen LogP contribution in [-0.2, 0) is 6.18 Å². The maximum Gasteiger partial charge on any atom is 0.420 e. The van der Waals surface area contributed by atoms with Crippen LogP contribution in [-0.4, -0.2) is 10.9 Å². The zero-order valence-corrected chi connectivity index (χ0v) is 7.72. The molecule has 0 bridgehead atoms. The van der Waals surface area contributed by atoms with Crippen molar-refractivity contribution in [2.45, 2.75) is 13.1 Å². The number of carbonyl (C=O) groups excluding carboxylic acids is 1. The van der Waals surface area contributed by atoms with Crippen molar-refractivity contribution >= 4 is 11.5 Å². The number of rotatable bonds is 1. The van der Waals surface area contributed by atoms with Crippen LogP contribution < -0.4 is 5.73 Å². The van der Waals surface area contributed by atoms with Gasteiger partial charge in [0.15, 0.2) is 11.5 Å². The first kappa shape index (κ1) is 11.4. The topological polar surface area (TPSA) is 63.3 Å². The predicted octanol–water partition coefficient (Wildman–Crippen LogP) is 2.20. The van der Waals surface area contributed by atoms with Crippen LogP contribution in [0.1, 0.15) is 22.8 Å². The second-order valence-corrected chi connectivity index (χ2v) is 2.98. The molecule has 0 unspecified atom stereocenters. The molecule has 0 aromatic heterocycles. The summed E-state index contributed by atoms with van der Waals surface area (Å²) >= 11 is 0. The number of benzene rings is 1. The number of phenolic OH excluding ortho intramolecular Hbond substituents is 1. The van der Waals surface area contributed by atoms with Crippen molar-refractivity contribution in [2.75, 3.05) is 5.73 Å². The molecular weight excluding hydrogens is 211 g/mol. The van der Waals surface area contributed by atoms with Gasteiger partial charge in [-0.3, -0.25) is 4.79 Å². The Kier molecular flexibility index (Phi) is 2.61. The zero-order chi connectivity index (χ0) is 11.8. The molecular formula is C9H8F3NO2. The molecule has 1 rings (SSSR count). The fourth-order valence-corrected chi connectivity index (χ4v) is 1.14. The molecule has 15 heavy (non-hydrogen) atoms. The average Bonchev–Trinajstić information content (AvgIpc) is 2.06. The van der Waals surface area contributed by atoms with Gasteiger partial charge in [0, 0.05) is 5.56 Å². The third kappa shape index (κ3) is 2.03. The van der Waals surface area contributed by atoms with Gasteiger partial charge in [-0.15, -0.1) is 0 Å². The number of alkyl halides is 3. The van der Waals surface area contributed by atoms with Gasteiger partial charge >= 0.3 is 6.18 Å². The zero-order valence-electron chi connectivity index (χ0n) is 7.72. The lowest BCUT2D eigenvalue weighted by molar-refractivity contribution is -0.138. The van der Waals surface area contributed by atoms with Gasteiger partial charge in [-0.2, -0.15) is 13.2 Å². The quantitative estimate of drug-likeness (QED) is 0.432. The standard InChI is InChI=1S/C9H8F3NO2/c1-4(14)5-2-3-6(9(10,11)12)8(15)7(5)13/h2-3,15H,13H2,1H3. The summed E-state index contributed by atoms with van der Waals surface area (Å²) in [6.07, 6.45) is -4.69. The van der Waals surface area contributed by atoms with Gasteiger partial charge in [0.1, 0.15) is 0 Å². The summed E-state index contributed by atoms with van der Waals surface area (Å²) in [6, 6.07) is 1.57. The van der Waals surface area contributed by atoms with Gasteiger partial charge in [0.2, 0.25) is 0 Å². The Bertz CT molecular complexity index is 413. The SMILES string of the molecule is CC(=O)c1ccc(C(F)(F)F)c(O)c1N. The Balaban J connectivity index is 3.41. The van der Waals surface area contributed by atoms with E-state index >= 15 is 0 Å². The first-order valence-electron chi connectivity index (χ1n) is 3.94. The molecule has 0 fully saturated rings. The van der Waals surface area contributed by atoms with Crippen LogP contribution in [0.2, 0.25) is 0 Å². The van der Waals surface area contributed by atoms with Crippen LogP contribution >= 0.6 is 0 Å². The van der Waals surface area contributed by atoms with Crippen molar-refractivity contribution in [3.05, 3.63) is 23.3 Å². The van der Waals surface area contributed by atoms with Crippen LogP contribution in [0.25, 0.3) is 0 Å². The average molecular weight is 219 g/mol. The third-order valence-electron chi connectivity index (χ3n) is 1.90. The van der Waals surface area contributed by atoms with E-state index in [0.717, 1.165) is 13.0 Å². The van der Waals surface area contributed by atoms with E-state index < -0.39 is 29.0 Å². The molecule has 1 aromatic rings. The fraction of sp³-hybridized carbons (Fsp3) is 0.222. The minimum atomic E-state index is -4.69. The summed E-state index contributed by atoms with van der Waals surface area (Å²) in [5, 5.41) is 9.17. The highest BCUT2D eigenvalue weighted by atomic mass is 19.4. The third-order valence-corrected chi connectivity index (χ3v) is 1.90. The Morgan fingerprint density at radius 3 is 2.33 bits per heavy atom. The minimum absolute atomic E-state index is 0.125. The normalized spacial score (nSPS) is 11.5. The molecule has 0 aliphatic carbocycles. The second-order valence-electron chi connectivity index (χ2n) is 2.98. The highest BCUT2D eigenvalue weighted by Gasteiger charge is 2.35. The van der Waals surface area contributed by atoms with E-state index in [1.54, 1.807) is 0 Å². The molecule has 0 spiro atoms. The molecule has 0 heterocycles. The summed E-state index contributed by atoms with van der Waals surface area (Å²) in [7, 11) is 0. The van der Waals surface area contributed by atoms with Crippen LogP contribution in [0.3, 0.4) is 0 Å². The van der Waals surface area contributed by atoms with Gasteiger partial charge in [-0.1, -0.05) is 0 Å². The Hall–Kier alpha value is -1.72. The predicted molar refractivity (Wildman–Crippen MR) is 47.5 cm³/mol. The summed E-state index contributed by atoms with van der Waals surface area (Å²) in [6.45, 7) is 1.15. The van der Waals surface area contributed by atoms with Crippen molar-refractivity contribution in [1.82, 2.24) is 0 Å². The van der Waals surface area contributed by atoms with E-state index in [9.17, 15) is 18.0 Å². The first-order valence-corrected chi connectivity index (χ1v) is 3.94. The van der Waals surface area contributed by atoms with E-state index in [1.165, 1.54) is 0 Å². The number of ketones is 1. The van der Waals surface area contributed by atoms with Gasteiger partial charge in [-0.05, 0) is 19.1 Å². The number of hydrogen-bond acceptors (Lipinski definition) is 3. The van der Waals surface area contributed by atoms with Gasteiger partial charge < -0.3 is 10.8 Å². The number of phenols is 1. The highest BCUT2D eigenvalue weighted by molar-refractivity contribution is 6.00. The van der Waals surface area contributed by atoms with Crippen LogP contribution in [0.4, 0.5) is 18.9 Å². The Morgan fingerprint density at radius 1 is 1.40 bits per heavy atom. The molecule has 0 radical (unpaired) electrons. The van der Waals surface area contributed by atoms with E-state index in [2.05, 4.69) is 0 Å². The van der Waals surface area contributed by atoms with Gasteiger partial charge in [-0.25, -0.2) is 0 Å². The van der Waals surface area contributed by atoms with Crippen molar-refractivity contribution in [3.63, 3.8) is 0 Å². The molecule has 0 saturated carbocycles. The molecule has 82 valence electrons. The van der Waals surface area contributed by atoms with Crippen molar-refractivity contribution in [3.8, 4) is 5.75 Å². The molecule has 6 heteroatoms. The molecule has 1 aromatic carbocycles. The summed E-state index contributed by atoms with van der Waals surface area (Å²) in [4.78, 5) is 10.9. The molecule has 3 nitrogen and oxygen atoms in total. The molecule has 0 amide bonds. The first-order chi connectivity index (χ1) is 6.75. The van der Waals surface area contributed by atoms with Gasteiger partial charge in [0.05, 0.1) is 11.3 Å². The van der Waals surface area contributed by atoms with Crippen molar-refractivity contribution in [1.29, 1.82) is 0 Å². The fourth-order valence-electron chi connectivity index (χ4n) is 1.14. The smallest absolute Gasteiger partial charge is 0.420 e. The molecule has 0 atom stereocenters. The van der Waals surface area contributed by atoms with Crippen LogP contribution in [0.5, 0.6) is 5.75 Å². The second kappa shape index (κ2) is 3.45. The molecule has 0 aliphatic heterocycles. The number of Topliss-reactive ketones (excluding diaryl/α,β-unsaturated/α-hetero) is 1. The van der Waals surface area contributed by atoms with Crippen LogP contribution in [0.15, 0.2) is 12.1 Å². The number of hydrogen-bond donors (Lipinski definition) is 2. The maximum absolute atomic E-state index is 12.3. The van der Waals surface area contributed by atoms with Crippen LogP contribution in [0, 0.1) is 0 Å². The number of nitrogen functional groups attached to an aromatic ring is 1. The summed E-state index contributed by atoms with van der Waals surface area (Å²) in [5.74, 6) is -1.60. The highest BCUT2D eigenvalue weighted by Crippen LogP contribution is 2.39.